The third-order valence-corrected chi connectivity index (χ3v) is 6.22. The van der Waals surface area contributed by atoms with Gasteiger partial charge in [-0.3, -0.25) is 4.31 Å². The van der Waals surface area contributed by atoms with Gasteiger partial charge in [0, 0.05) is 48.7 Å². The van der Waals surface area contributed by atoms with Crippen LogP contribution in [0.3, 0.4) is 0 Å². The largest absolute Gasteiger partial charge is 0.369 e. The molecule has 1 atom stereocenters. The molecule has 0 radical (unpaired) electrons. The molecule has 2 aliphatic rings. The van der Waals surface area contributed by atoms with Gasteiger partial charge in [-0.2, -0.15) is 0 Å². The van der Waals surface area contributed by atoms with E-state index in [4.69, 9.17) is 5.73 Å². The van der Waals surface area contributed by atoms with E-state index in [0.29, 0.717) is 10.9 Å². The zero-order valence-corrected chi connectivity index (χ0v) is 14.9. The fraction of sp³-hybridized carbons (Fsp3) is 0.529. The van der Waals surface area contributed by atoms with Crippen molar-refractivity contribution < 1.29 is 8.78 Å². The topological polar surface area (TPSA) is 58.3 Å². The summed E-state index contributed by atoms with van der Waals surface area (Å²) in [6.07, 6.45) is 3.34. The Hall–Kier alpha value is -1.67. The van der Waals surface area contributed by atoms with Crippen molar-refractivity contribution in [1.29, 1.82) is 0 Å². The number of hydrogen-bond donors (Lipinski definition) is 1. The molecule has 5 nitrogen and oxygen atoms in total. The quantitative estimate of drug-likeness (QED) is 0.842. The Morgan fingerprint density at radius 3 is 2.76 bits per heavy atom. The molecule has 1 spiro atoms. The zero-order chi connectivity index (χ0) is 17.6. The Bertz CT molecular complexity index is 802. The average molecular weight is 365 g/mol. The van der Waals surface area contributed by atoms with Gasteiger partial charge in [0.1, 0.15) is 0 Å². The van der Waals surface area contributed by atoms with Gasteiger partial charge in [0.25, 0.3) is 6.43 Å². The fourth-order valence-corrected chi connectivity index (χ4v) is 4.73. The maximum Gasteiger partial charge on any atom is 0.263 e. The minimum atomic E-state index is -2.52. The average Bonchev–Trinajstić information content (AvgIpc) is 3.21. The number of benzene rings is 1. The molecule has 2 saturated heterocycles. The first kappa shape index (κ1) is 16.8. The smallest absolute Gasteiger partial charge is 0.263 e. The van der Waals surface area contributed by atoms with Gasteiger partial charge in [-0.15, -0.1) is 0 Å². The second kappa shape index (κ2) is 6.25. The van der Waals surface area contributed by atoms with E-state index in [2.05, 4.69) is 25.4 Å². The second-order valence-electron chi connectivity index (χ2n) is 6.97. The molecule has 8 heteroatoms. The SMILES string of the molecule is CSN1CCC2(CCN(c3cc(C(F)F)cc4cnc(N)nc34)C2)C1. The van der Waals surface area contributed by atoms with Crippen LogP contribution in [0, 0.1) is 5.41 Å². The lowest BCUT2D eigenvalue weighted by Crippen LogP contribution is -2.29. The molecule has 1 aromatic carbocycles. The van der Waals surface area contributed by atoms with E-state index in [1.54, 1.807) is 18.0 Å². The Morgan fingerprint density at radius 2 is 2.04 bits per heavy atom. The highest BCUT2D eigenvalue weighted by atomic mass is 32.2. The van der Waals surface area contributed by atoms with E-state index in [-0.39, 0.29) is 16.9 Å². The lowest BCUT2D eigenvalue weighted by molar-refractivity contribution is 0.151. The van der Waals surface area contributed by atoms with Crippen molar-refractivity contribution in [1.82, 2.24) is 14.3 Å². The van der Waals surface area contributed by atoms with Crippen molar-refractivity contribution >= 4 is 34.5 Å². The predicted octanol–water partition coefficient (Wildman–Crippen LogP) is 3.33. The molecule has 134 valence electrons. The summed E-state index contributed by atoms with van der Waals surface area (Å²) in [4.78, 5) is 10.5. The van der Waals surface area contributed by atoms with E-state index in [0.717, 1.165) is 44.7 Å². The maximum atomic E-state index is 13.3. The number of anilines is 2. The van der Waals surface area contributed by atoms with Crippen LogP contribution in [0.4, 0.5) is 20.4 Å². The molecule has 0 amide bonds. The number of halogens is 2. The highest BCUT2D eigenvalue weighted by molar-refractivity contribution is 7.96. The minimum absolute atomic E-state index is 0.00832. The van der Waals surface area contributed by atoms with Crippen LogP contribution in [0.1, 0.15) is 24.8 Å². The van der Waals surface area contributed by atoms with E-state index < -0.39 is 6.43 Å². The first-order valence-electron chi connectivity index (χ1n) is 8.38. The Morgan fingerprint density at radius 1 is 1.24 bits per heavy atom. The normalized spacial score (nSPS) is 24.2. The summed E-state index contributed by atoms with van der Waals surface area (Å²) in [5.41, 5.74) is 7.41. The van der Waals surface area contributed by atoms with Crippen molar-refractivity contribution in [3.8, 4) is 0 Å². The molecule has 0 bridgehead atoms. The number of fused-ring (bicyclic) bond motifs is 1. The standard InChI is InChI=1S/C17H21F2N5S/c1-25-24-5-3-17(10-24)2-4-23(9-17)13-7-11(15(18)19)6-12-8-21-16(20)22-14(12)13/h6-8,15H,2-5,9-10H2,1H3,(H2,20,21,22). The van der Waals surface area contributed by atoms with Gasteiger partial charge in [-0.1, -0.05) is 11.9 Å². The number of rotatable bonds is 3. The lowest BCUT2D eigenvalue weighted by Gasteiger charge is -2.26. The summed E-state index contributed by atoms with van der Waals surface area (Å²) in [5, 5.41) is 0.611. The summed E-state index contributed by atoms with van der Waals surface area (Å²) in [6.45, 7) is 3.86. The molecular formula is C17H21F2N5S. The molecule has 0 saturated carbocycles. The number of nitrogen functional groups attached to an aromatic ring is 1. The number of nitrogens with zero attached hydrogens (tertiary/aromatic N) is 4. The van der Waals surface area contributed by atoms with Crippen LogP contribution < -0.4 is 10.6 Å². The monoisotopic (exact) mass is 365 g/mol. The molecule has 25 heavy (non-hydrogen) atoms. The molecule has 2 aliphatic heterocycles. The van der Waals surface area contributed by atoms with E-state index in [1.807, 2.05) is 0 Å². The van der Waals surface area contributed by atoms with Gasteiger partial charge < -0.3 is 10.6 Å². The van der Waals surface area contributed by atoms with Crippen molar-refractivity contribution in [2.45, 2.75) is 19.3 Å². The van der Waals surface area contributed by atoms with Gasteiger partial charge >= 0.3 is 0 Å². The molecule has 1 unspecified atom stereocenters. The molecule has 4 rings (SSSR count). The Kier molecular flexibility index (Phi) is 4.19. The molecule has 2 aromatic rings. The summed E-state index contributed by atoms with van der Waals surface area (Å²) in [7, 11) is 0. The van der Waals surface area contributed by atoms with Crippen LogP contribution in [0.15, 0.2) is 18.3 Å². The fourth-order valence-electron chi connectivity index (χ4n) is 4.05. The third kappa shape index (κ3) is 3.01. The van der Waals surface area contributed by atoms with Gasteiger partial charge in [0.15, 0.2) is 0 Å². The Balaban J connectivity index is 1.72. The molecule has 3 heterocycles. The van der Waals surface area contributed by atoms with Gasteiger partial charge in [0.2, 0.25) is 5.95 Å². The van der Waals surface area contributed by atoms with Crippen LogP contribution in [0.25, 0.3) is 10.9 Å². The van der Waals surface area contributed by atoms with Crippen LogP contribution in [-0.2, 0) is 0 Å². The van der Waals surface area contributed by atoms with Crippen LogP contribution in [-0.4, -0.2) is 46.7 Å². The first-order valence-corrected chi connectivity index (χ1v) is 9.56. The number of hydrogen-bond acceptors (Lipinski definition) is 6. The molecular weight excluding hydrogens is 344 g/mol. The Labute approximate surface area is 149 Å². The van der Waals surface area contributed by atoms with Crippen molar-refractivity contribution in [3.05, 3.63) is 23.9 Å². The summed E-state index contributed by atoms with van der Waals surface area (Å²) in [6, 6.07) is 3.03. The number of nitrogens with two attached hydrogens (primary N) is 1. The lowest BCUT2D eigenvalue weighted by atomic mass is 9.86. The van der Waals surface area contributed by atoms with Crippen LogP contribution >= 0.6 is 11.9 Å². The van der Waals surface area contributed by atoms with Gasteiger partial charge in [0.05, 0.1) is 11.2 Å². The van der Waals surface area contributed by atoms with E-state index in [1.165, 1.54) is 12.3 Å². The molecule has 0 aliphatic carbocycles. The maximum absolute atomic E-state index is 13.3. The third-order valence-electron chi connectivity index (χ3n) is 5.40. The number of alkyl halides is 2. The molecule has 2 fully saturated rings. The second-order valence-corrected chi connectivity index (χ2v) is 7.86. The minimum Gasteiger partial charge on any atom is -0.369 e. The van der Waals surface area contributed by atoms with Crippen molar-refractivity contribution in [2.75, 3.05) is 43.1 Å². The first-order chi connectivity index (χ1) is 12.0. The van der Waals surface area contributed by atoms with Crippen LogP contribution in [0.2, 0.25) is 0 Å². The summed E-state index contributed by atoms with van der Waals surface area (Å²) < 4.78 is 29.1. The number of aromatic nitrogens is 2. The van der Waals surface area contributed by atoms with E-state index in [9.17, 15) is 8.78 Å². The highest BCUT2D eigenvalue weighted by Gasteiger charge is 2.43. The predicted molar refractivity (Wildman–Crippen MR) is 97.9 cm³/mol. The summed E-state index contributed by atoms with van der Waals surface area (Å²) in [5.74, 6) is 0.168. The van der Waals surface area contributed by atoms with Crippen molar-refractivity contribution in [2.24, 2.45) is 5.41 Å². The van der Waals surface area contributed by atoms with E-state index >= 15 is 0 Å². The van der Waals surface area contributed by atoms with Crippen LogP contribution in [0.5, 0.6) is 0 Å². The summed E-state index contributed by atoms with van der Waals surface area (Å²) >= 11 is 1.78. The van der Waals surface area contributed by atoms with Gasteiger partial charge in [-0.25, -0.2) is 18.7 Å². The van der Waals surface area contributed by atoms with Crippen molar-refractivity contribution in [3.63, 3.8) is 0 Å². The molecule has 1 aromatic heterocycles. The highest BCUT2D eigenvalue weighted by Crippen LogP contribution is 2.44. The van der Waals surface area contributed by atoms with Gasteiger partial charge in [-0.05, 0) is 31.2 Å². The zero-order valence-electron chi connectivity index (χ0n) is 14.1. The molecule has 2 N–H and O–H groups in total.